The molecule has 1 aliphatic heterocycles. The fourth-order valence-electron chi connectivity index (χ4n) is 3.47. The number of nitrogens with zero attached hydrogens (tertiary/aromatic N) is 2. The number of carbonyl (C=O) groups is 1. The van der Waals surface area contributed by atoms with Gasteiger partial charge in [0, 0.05) is 17.8 Å². The SMILES string of the molecule is O=C(NCCc1ccccc1)c1cnn2c1NC(c1cccs1)CC2C(F)(F)F. The molecule has 0 bridgehead atoms. The van der Waals surface area contributed by atoms with Crippen molar-refractivity contribution in [3.8, 4) is 0 Å². The molecule has 3 aromatic rings. The molecule has 4 rings (SSSR count). The maximum Gasteiger partial charge on any atom is 0.410 e. The van der Waals surface area contributed by atoms with Gasteiger partial charge in [-0.05, 0) is 23.4 Å². The molecule has 2 atom stereocenters. The molecule has 1 amide bonds. The lowest BCUT2D eigenvalue weighted by Crippen LogP contribution is -2.36. The van der Waals surface area contributed by atoms with Gasteiger partial charge in [0.05, 0.1) is 12.2 Å². The number of anilines is 1. The van der Waals surface area contributed by atoms with Crippen LogP contribution in [0.5, 0.6) is 0 Å². The Bertz CT molecular complexity index is 970. The molecule has 1 aromatic carbocycles. The Morgan fingerprint density at radius 1 is 1.24 bits per heavy atom. The summed E-state index contributed by atoms with van der Waals surface area (Å²) in [6.45, 7) is 0.379. The topological polar surface area (TPSA) is 59.0 Å². The number of amides is 1. The van der Waals surface area contributed by atoms with Crippen LogP contribution in [0.1, 0.15) is 39.3 Å². The highest BCUT2D eigenvalue weighted by molar-refractivity contribution is 7.10. The first kappa shape index (κ1) is 19.5. The summed E-state index contributed by atoms with van der Waals surface area (Å²) in [6, 6.07) is 10.9. The summed E-state index contributed by atoms with van der Waals surface area (Å²) in [7, 11) is 0. The van der Waals surface area contributed by atoms with Crippen LogP contribution in [-0.4, -0.2) is 28.4 Å². The molecule has 2 unspecified atom stereocenters. The third-order valence-corrected chi connectivity index (χ3v) is 5.90. The van der Waals surface area contributed by atoms with Gasteiger partial charge in [-0.2, -0.15) is 18.3 Å². The number of halogens is 3. The molecule has 29 heavy (non-hydrogen) atoms. The highest BCUT2D eigenvalue weighted by atomic mass is 32.1. The van der Waals surface area contributed by atoms with E-state index in [0.29, 0.717) is 13.0 Å². The standard InChI is InChI=1S/C20H19F3N4OS/c21-20(22,23)17-11-15(16-7-4-10-29-16)26-18-14(12-25-27(17)18)19(28)24-9-8-13-5-2-1-3-6-13/h1-7,10,12,15,17,26H,8-9,11H2,(H,24,28). The second-order valence-corrected chi connectivity index (χ2v) is 7.83. The number of hydrogen-bond acceptors (Lipinski definition) is 4. The van der Waals surface area contributed by atoms with Gasteiger partial charge in [0.15, 0.2) is 6.04 Å². The largest absolute Gasteiger partial charge is 0.410 e. The summed E-state index contributed by atoms with van der Waals surface area (Å²) in [5.74, 6) is -0.336. The minimum Gasteiger partial charge on any atom is -0.362 e. The van der Waals surface area contributed by atoms with Crippen molar-refractivity contribution in [2.75, 3.05) is 11.9 Å². The highest BCUT2D eigenvalue weighted by Crippen LogP contribution is 2.44. The monoisotopic (exact) mass is 420 g/mol. The maximum absolute atomic E-state index is 13.6. The van der Waals surface area contributed by atoms with Gasteiger partial charge < -0.3 is 10.6 Å². The number of fused-ring (bicyclic) bond motifs is 1. The van der Waals surface area contributed by atoms with Crippen molar-refractivity contribution in [3.63, 3.8) is 0 Å². The summed E-state index contributed by atoms with van der Waals surface area (Å²) >= 11 is 1.39. The van der Waals surface area contributed by atoms with E-state index in [2.05, 4.69) is 15.7 Å². The summed E-state index contributed by atoms with van der Waals surface area (Å²) in [5.41, 5.74) is 1.19. The summed E-state index contributed by atoms with van der Waals surface area (Å²) in [6.07, 6.45) is -2.80. The molecular formula is C20H19F3N4OS. The predicted molar refractivity (Wildman–Crippen MR) is 105 cm³/mol. The van der Waals surface area contributed by atoms with Crippen LogP contribution in [0.25, 0.3) is 0 Å². The quantitative estimate of drug-likeness (QED) is 0.635. The lowest BCUT2D eigenvalue weighted by molar-refractivity contribution is -0.173. The molecule has 5 nitrogen and oxygen atoms in total. The Hall–Kier alpha value is -2.81. The van der Waals surface area contributed by atoms with E-state index >= 15 is 0 Å². The molecule has 2 aromatic heterocycles. The summed E-state index contributed by atoms with van der Waals surface area (Å²) in [4.78, 5) is 13.4. The molecule has 0 aliphatic carbocycles. The first-order valence-electron chi connectivity index (χ1n) is 9.20. The Kier molecular flexibility index (Phi) is 5.31. The van der Waals surface area contributed by atoms with E-state index in [1.165, 1.54) is 17.5 Å². The molecule has 0 radical (unpaired) electrons. The number of benzene rings is 1. The van der Waals surface area contributed by atoms with Crippen LogP contribution in [0.2, 0.25) is 0 Å². The van der Waals surface area contributed by atoms with Crippen LogP contribution in [-0.2, 0) is 6.42 Å². The molecule has 2 N–H and O–H groups in total. The first-order chi connectivity index (χ1) is 13.9. The Labute approximate surface area is 169 Å². The Morgan fingerprint density at radius 2 is 2.03 bits per heavy atom. The molecule has 0 saturated heterocycles. The number of carbonyl (C=O) groups excluding carboxylic acids is 1. The van der Waals surface area contributed by atoms with Crippen LogP contribution in [0, 0.1) is 0 Å². The lowest BCUT2D eigenvalue weighted by atomic mass is 10.0. The molecule has 0 spiro atoms. The van der Waals surface area contributed by atoms with Crippen molar-refractivity contribution >= 4 is 23.1 Å². The van der Waals surface area contributed by atoms with E-state index in [4.69, 9.17) is 0 Å². The van der Waals surface area contributed by atoms with Gasteiger partial charge in [-0.15, -0.1) is 11.3 Å². The normalized spacial score (nSPS) is 18.7. The van der Waals surface area contributed by atoms with E-state index in [1.54, 1.807) is 12.1 Å². The Balaban J connectivity index is 1.54. The third-order valence-electron chi connectivity index (χ3n) is 4.91. The molecule has 1 aliphatic rings. The summed E-state index contributed by atoms with van der Waals surface area (Å²) < 4.78 is 41.8. The zero-order valence-electron chi connectivity index (χ0n) is 15.3. The number of hydrogen-bond donors (Lipinski definition) is 2. The molecule has 0 saturated carbocycles. The van der Waals surface area contributed by atoms with Crippen LogP contribution < -0.4 is 10.6 Å². The van der Waals surface area contributed by atoms with Crippen LogP contribution in [0.15, 0.2) is 54.0 Å². The number of nitrogens with one attached hydrogen (secondary N) is 2. The molecule has 0 fully saturated rings. The van der Waals surface area contributed by atoms with Gasteiger partial charge in [-0.25, -0.2) is 4.68 Å². The van der Waals surface area contributed by atoms with Crippen LogP contribution in [0.3, 0.4) is 0 Å². The third kappa shape index (κ3) is 4.14. The second-order valence-electron chi connectivity index (χ2n) is 6.85. The lowest BCUT2D eigenvalue weighted by Gasteiger charge is -2.33. The maximum atomic E-state index is 13.6. The van der Waals surface area contributed by atoms with Gasteiger partial charge >= 0.3 is 6.18 Å². The minimum atomic E-state index is -4.46. The van der Waals surface area contributed by atoms with Gasteiger partial charge in [0.1, 0.15) is 11.4 Å². The number of alkyl halides is 3. The van der Waals surface area contributed by atoms with Crippen molar-refractivity contribution in [3.05, 3.63) is 70.0 Å². The zero-order chi connectivity index (χ0) is 20.4. The molecule has 3 heterocycles. The van der Waals surface area contributed by atoms with Crippen molar-refractivity contribution in [1.82, 2.24) is 15.1 Å². The van der Waals surface area contributed by atoms with Crippen molar-refractivity contribution in [1.29, 1.82) is 0 Å². The minimum absolute atomic E-state index is 0.106. The van der Waals surface area contributed by atoms with Gasteiger partial charge in [0.2, 0.25) is 0 Å². The average molecular weight is 420 g/mol. The number of rotatable bonds is 5. The van der Waals surface area contributed by atoms with Gasteiger partial charge in [-0.3, -0.25) is 4.79 Å². The predicted octanol–water partition coefficient (Wildman–Crippen LogP) is 4.58. The van der Waals surface area contributed by atoms with Crippen molar-refractivity contribution in [2.45, 2.75) is 31.1 Å². The summed E-state index contributed by atoms with van der Waals surface area (Å²) in [5, 5.41) is 11.6. The number of thiophene rings is 1. The van der Waals surface area contributed by atoms with Gasteiger partial charge in [-0.1, -0.05) is 36.4 Å². The first-order valence-corrected chi connectivity index (χ1v) is 10.1. The van der Waals surface area contributed by atoms with Gasteiger partial charge in [0.25, 0.3) is 5.91 Å². The molecule has 152 valence electrons. The van der Waals surface area contributed by atoms with E-state index in [0.717, 1.165) is 15.1 Å². The second kappa shape index (κ2) is 7.90. The van der Waals surface area contributed by atoms with Crippen molar-refractivity contribution < 1.29 is 18.0 Å². The van der Waals surface area contributed by atoms with E-state index in [9.17, 15) is 18.0 Å². The van der Waals surface area contributed by atoms with E-state index in [1.807, 2.05) is 35.7 Å². The van der Waals surface area contributed by atoms with E-state index < -0.39 is 24.2 Å². The number of aromatic nitrogens is 2. The van der Waals surface area contributed by atoms with Crippen molar-refractivity contribution in [2.24, 2.45) is 0 Å². The fraction of sp³-hybridized carbons (Fsp3) is 0.300. The van der Waals surface area contributed by atoms with Crippen LogP contribution in [0.4, 0.5) is 19.0 Å². The van der Waals surface area contributed by atoms with E-state index in [-0.39, 0.29) is 17.8 Å². The highest BCUT2D eigenvalue weighted by Gasteiger charge is 2.47. The van der Waals surface area contributed by atoms with Crippen LogP contribution >= 0.6 is 11.3 Å². The molecular weight excluding hydrogens is 401 g/mol. The molecule has 9 heteroatoms. The smallest absolute Gasteiger partial charge is 0.362 e. The Morgan fingerprint density at radius 3 is 2.72 bits per heavy atom. The zero-order valence-corrected chi connectivity index (χ0v) is 16.1. The fourth-order valence-corrected chi connectivity index (χ4v) is 4.26. The average Bonchev–Trinajstić information content (AvgIpc) is 3.37.